The van der Waals surface area contributed by atoms with Crippen molar-refractivity contribution in [2.45, 2.75) is 18.9 Å². The summed E-state index contributed by atoms with van der Waals surface area (Å²) in [4.78, 5) is 16.6. The van der Waals surface area contributed by atoms with E-state index in [1.54, 1.807) is 6.07 Å². The maximum atomic E-state index is 12.7. The molecule has 0 aliphatic carbocycles. The van der Waals surface area contributed by atoms with Crippen LogP contribution < -0.4 is 5.32 Å². The number of nitrogens with zero attached hydrogens (tertiary/aromatic N) is 2. The van der Waals surface area contributed by atoms with Gasteiger partial charge in [-0.15, -0.1) is 11.3 Å². The van der Waals surface area contributed by atoms with Gasteiger partial charge in [-0.25, -0.2) is 0 Å². The number of amides is 1. The van der Waals surface area contributed by atoms with Gasteiger partial charge < -0.3 is 10.2 Å². The van der Waals surface area contributed by atoms with Gasteiger partial charge in [0.2, 0.25) is 0 Å². The number of fused-ring (bicyclic) bond motifs is 3. The Balaban J connectivity index is 1.55. The summed E-state index contributed by atoms with van der Waals surface area (Å²) in [5, 5.41) is 12.6. The summed E-state index contributed by atoms with van der Waals surface area (Å²) in [6.45, 7) is 3.28. The summed E-state index contributed by atoms with van der Waals surface area (Å²) in [5.74, 6) is 0.556. The predicted molar refractivity (Wildman–Crippen MR) is 94.9 cm³/mol. The van der Waals surface area contributed by atoms with Crippen molar-refractivity contribution in [3.8, 4) is 16.5 Å². The van der Waals surface area contributed by atoms with Crippen LogP contribution in [0.2, 0.25) is 0 Å². The van der Waals surface area contributed by atoms with Gasteiger partial charge in [0, 0.05) is 12.6 Å². The normalized spacial score (nSPS) is 25.2. The Kier molecular flexibility index (Phi) is 4.09. The third-order valence-corrected chi connectivity index (χ3v) is 6.27. The minimum atomic E-state index is -0.0440. The van der Waals surface area contributed by atoms with Crippen LogP contribution in [0.5, 0.6) is 0 Å². The molecule has 1 aromatic heterocycles. The molecule has 2 bridgehead atoms. The minimum Gasteiger partial charge on any atom is -0.347 e. The third-order valence-electron chi connectivity index (χ3n) is 5.08. The molecule has 5 heteroatoms. The van der Waals surface area contributed by atoms with Crippen LogP contribution in [-0.2, 0) is 0 Å². The van der Waals surface area contributed by atoms with E-state index in [2.05, 4.69) is 16.3 Å². The van der Waals surface area contributed by atoms with Crippen LogP contribution in [0.25, 0.3) is 10.4 Å². The largest absolute Gasteiger partial charge is 0.347 e. The van der Waals surface area contributed by atoms with Crippen LogP contribution in [0, 0.1) is 17.2 Å². The van der Waals surface area contributed by atoms with Gasteiger partial charge in [0.25, 0.3) is 5.91 Å². The third kappa shape index (κ3) is 2.83. The molecule has 3 aliphatic rings. The van der Waals surface area contributed by atoms with Crippen LogP contribution in [0.1, 0.15) is 28.1 Å². The number of carbonyl (C=O) groups excluding carboxylic acids is 1. The van der Waals surface area contributed by atoms with E-state index in [-0.39, 0.29) is 11.9 Å². The Morgan fingerprint density at radius 1 is 1.25 bits per heavy atom. The number of carbonyl (C=O) groups is 1. The van der Waals surface area contributed by atoms with E-state index in [9.17, 15) is 10.1 Å². The second-order valence-corrected chi connectivity index (χ2v) is 7.60. The number of rotatable bonds is 3. The zero-order valence-electron chi connectivity index (χ0n) is 13.4. The van der Waals surface area contributed by atoms with Crippen molar-refractivity contribution < 1.29 is 4.79 Å². The minimum absolute atomic E-state index is 0.0440. The molecule has 5 rings (SSSR count). The molecule has 122 valence electrons. The van der Waals surface area contributed by atoms with Crippen LogP contribution in [0.3, 0.4) is 0 Å². The monoisotopic (exact) mass is 337 g/mol. The summed E-state index contributed by atoms with van der Waals surface area (Å²) >= 11 is 1.41. The van der Waals surface area contributed by atoms with E-state index in [1.165, 1.54) is 24.2 Å². The van der Waals surface area contributed by atoms with Gasteiger partial charge in [0.05, 0.1) is 15.3 Å². The maximum absolute atomic E-state index is 12.7. The van der Waals surface area contributed by atoms with Gasteiger partial charge in [-0.3, -0.25) is 4.79 Å². The average Bonchev–Trinajstić information content (AvgIpc) is 3.08. The Morgan fingerprint density at radius 2 is 2.00 bits per heavy atom. The lowest BCUT2D eigenvalue weighted by atomic mass is 9.84. The molecule has 1 atom stereocenters. The quantitative estimate of drug-likeness (QED) is 0.936. The van der Waals surface area contributed by atoms with Crippen molar-refractivity contribution in [2.24, 2.45) is 5.92 Å². The number of thiophene rings is 1. The Labute approximate surface area is 145 Å². The molecule has 4 nitrogen and oxygen atoms in total. The summed E-state index contributed by atoms with van der Waals surface area (Å²) in [6.07, 6.45) is 2.35. The summed E-state index contributed by atoms with van der Waals surface area (Å²) in [6, 6.07) is 14.0. The van der Waals surface area contributed by atoms with Crippen LogP contribution >= 0.6 is 11.3 Å². The summed E-state index contributed by atoms with van der Waals surface area (Å²) < 4.78 is 0. The first-order chi connectivity index (χ1) is 11.7. The number of nitriles is 1. The van der Waals surface area contributed by atoms with Crippen LogP contribution in [-0.4, -0.2) is 36.5 Å². The number of hydrogen-bond donors (Lipinski definition) is 1. The van der Waals surface area contributed by atoms with Crippen molar-refractivity contribution >= 4 is 17.2 Å². The maximum Gasteiger partial charge on any atom is 0.261 e. The highest BCUT2D eigenvalue weighted by Crippen LogP contribution is 2.33. The molecule has 1 aromatic carbocycles. The average molecular weight is 337 g/mol. The highest BCUT2D eigenvalue weighted by atomic mass is 32.1. The number of benzene rings is 1. The standard InChI is InChI=1S/C19H19N3OS/c20-11-15-10-17(24-18(15)14-4-2-1-3-5-14)19(23)21-16-12-22-8-6-13(16)7-9-22/h1-5,10,13,16H,6-9,12H2,(H,21,23). The molecule has 4 heterocycles. The molecular formula is C19H19N3OS. The van der Waals surface area contributed by atoms with E-state index in [4.69, 9.17) is 0 Å². The fourth-order valence-electron chi connectivity index (χ4n) is 3.76. The molecule has 3 saturated heterocycles. The smallest absolute Gasteiger partial charge is 0.261 e. The second-order valence-electron chi connectivity index (χ2n) is 6.55. The first-order valence-corrected chi connectivity index (χ1v) is 9.19. The highest BCUT2D eigenvalue weighted by Gasteiger charge is 2.35. The number of hydrogen-bond acceptors (Lipinski definition) is 4. The number of piperidine rings is 3. The van der Waals surface area contributed by atoms with Crippen molar-refractivity contribution in [3.63, 3.8) is 0 Å². The van der Waals surface area contributed by atoms with E-state index in [1.807, 2.05) is 30.3 Å². The molecule has 2 aromatic rings. The van der Waals surface area contributed by atoms with Crippen molar-refractivity contribution in [1.82, 2.24) is 10.2 Å². The second kappa shape index (κ2) is 6.39. The molecule has 24 heavy (non-hydrogen) atoms. The molecular weight excluding hydrogens is 318 g/mol. The first kappa shape index (κ1) is 15.4. The van der Waals surface area contributed by atoms with E-state index < -0.39 is 0 Å². The molecule has 1 unspecified atom stereocenters. The lowest BCUT2D eigenvalue weighted by molar-refractivity contribution is 0.0622. The van der Waals surface area contributed by atoms with E-state index >= 15 is 0 Å². The zero-order valence-corrected chi connectivity index (χ0v) is 14.2. The molecule has 0 radical (unpaired) electrons. The van der Waals surface area contributed by atoms with Gasteiger partial charge in [-0.1, -0.05) is 30.3 Å². The Bertz CT molecular complexity index is 785. The van der Waals surface area contributed by atoms with E-state index in [0.29, 0.717) is 16.4 Å². The predicted octanol–water partition coefficient (Wildman–Crippen LogP) is 3.11. The fourth-order valence-corrected chi connectivity index (χ4v) is 4.77. The van der Waals surface area contributed by atoms with Gasteiger partial charge in [0.15, 0.2) is 0 Å². The number of nitrogens with one attached hydrogen (secondary N) is 1. The van der Waals surface area contributed by atoms with Gasteiger partial charge in [0.1, 0.15) is 6.07 Å². The lowest BCUT2D eigenvalue weighted by Gasteiger charge is -2.44. The lowest BCUT2D eigenvalue weighted by Crippen LogP contribution is -2.57. The summed E-state index contributed by atoms with van der Waals surface area (Å²) in [7, 11) is 0. The first-order valence-electron chi connectivity index (χ1n) is 8.37. The Morgan fingerprint density at radius 3 is 2.62 bits per heavy atom. The molecule has 0 saturated carbocycles. The fraction of sp³-hybridized carbons (Fsp3) is 0.368. The summed E-state index contributed by atoms with van der Waals surface area (Å²) in [5.41, 5.74) is 1.56. The van der Waals surface area contributed by atoms with Crippen LogP contribution in [0.4, 0.5) is 0 Å². The molecule has 3 fully saturated rings. The van der Waals surface area contributed by atoms with E-state index in [0.717, 1.165) is 30.1 Å². The molecule has 0 spiro atoms. The van der Waals surface area contributed by atoms with Crippen molar-refractivity contribution in [3.05, 3.63) is 46.8 Å². The van der Waals surface area contributed by atoms with Gasteiger partial charge in [-0.2, -0.15) is 5.26 Å². The SMILES string of the molecule is N#Cc1cc(C(=O)NC2CN3CCC2CC3)sc1-c1ccccc1. The van der Waals surface area contributed by atoms with Gasteiger partial charge >= 0.3 is 0 Å². The molecule has 1 amide bonds. The van der Waals surface area contributed by atoms with Crippen LogP contribution in [0.15, 0.2) is 36.4 Å². The molecule has 1 N–H and O–H groups in total. The Hall–Kier alpha value is -2.16. The van der Waals surface area contributed by atoms with Gasteiger partial charge in [-0.05, 0) is 43.5 Å². The molecule has 3 aliphatic heterocycles. The highest BCUT2D eigenvalue weighted by molar-refractivity contribution is 7.17. The zero-order chi connectivity index (χ0) is 16.5. The van der Waals surface area contributed by atoms with Crippen molar-refractivity contribution in [2.75, 3.05) is 19.6 Å². The van der Waals surface area contributed by atoms with Crippen molar-refractivity contribution in [1.29, 1.82) is 5.26 Å². The topological polar surface area (TPSA) is 56.1 Å².